The zero-order valence-electron chi connectivity index (χ0n) is 14.8. The molecule has 2 aromatic rings. The van der Waals surface area contributed by atoms with Gasteiger partial charge in [-0.1, -0.05) is 12.8 Å². The molecule has 1 unspecified atom stereocenters. The van der Waals surface area contributed by atoms with E-state index < -0.39 is 0 Å². The van der Waals surface area contributed by atoms with Gasteiger partial charge in [0.1, 0.15) is 11.9 Å². The van der Waals surface area contributed by atoms with Crippen molar-refractivity contribution in [2.45, 2.75) is 51.0 Å². The number of nitrogens with one attached hydrogen (secondary N) is 2. The van der Waals surface area contributed by atoms with Crippen LogP contribution >= 0.6 is 24.8 Å². The molecule has 0 radical (unpaired) electrons. The Bertz CT molecular complexity index is 687. The summed E-state index contributed by atoms with van der Waals surface area (Å²) in [6, 6.07) is 5.77. The number of aromatic amines is 1. The number of nitrogens with zero attached hydrogens (tertiary/aromatic N) is 1. The molecular weight excluding hydrogens is 375 g/mol. The maximum absolute atomic E-state index is 12.0. The zero-order valence-corrected chi connectivity index (χ0v) is 16.5. The molecule has 8 heteroatoms. The summed E-state index contributed by atoms with van der Waals surface area (Å²) in [5.74, 6) is 0.937. The van der Waals surface area contributed by atoms with Gasteiger partial charge in [0.25, 0.3) is 0 Å². The van der Waals surface area contributed by atoms with Crippen LogP contribution in [0.5, 0.6) is 0 Å². The Balaban J connectivity index is 0.00000169. The van der Waals surface area contributed by atoms with Crippen LogP contribution in [-0.4, -0.2) is 29.0 Å². The first-order valence-electron chi connectivity index (χ1n) is 8.87. The molecule has 3 rings (SSSR count). The van der Waals surface area contributed by atoms with Crippen molar-refractivity contribution in [2.24, 2.45) is 5.73 Å². The van der Waals surface area contributed by atoms with Crippen molar-refractivity contribution in [3.8, 4) is 0 Å². The van der Waals surface area contributed by atoms with Crippen molar-refractivity contribution in [3.63, 3.8) is 0 Å². The van der Waals surface area contributed by atoms with Crippen LogP contribution in [0, 0.1) is 0 Å². The van der Waals surface area contributed by atoms with Gasteiger partial charge in [-0.2, -0.15) is 0 Å². The number of imidazole rings is 1. The van der Waals surface area contributed by atoms with Crippen molar-refractivity contribution in [1.29, 1.82) is 0 Å². The van der Waals surface area contributed by atoms with Crippen LogP contribution in [0.25, 0.3) is 11.0 Å². The van der Waals surface area contributed by atoms with Crippen LogP contribution in [0.15, 0.2) is 18.2 Å². The van der Waals surface area contributed by atoms with E-state index in [1.165, 1.54) is 0 Å². The third-order valence-electron chi connectivity index (χ3n) is 4.38. The average Bonchev–Trinajstić information content (AvgIpc) is 3.23. The van der Waals surface area contributed by atoms with Gasteiger partial charge in [-0.05, 0) is 50.4 Å². The van der Waals surface area contributed by atoms with Crippen molar-refractivity contribution in [3.05, 3.63) is 24.0 Å². The number of carbonyl (C=O) groups is 1. The Hall–Kier alpha value is -1.34. The first-order chi connectivity index (χ1) is 11.8. The minimum atomic E-state index is 0. The predicted octanol–water partition coefficient (Wildman–Crippen LogP) is 4.11. The lowest BCUT2D eigenvalue weighted by molar-refractivity contribution is -0.116. The van der Waals surface area contributed by atoms with E-state index >= 15 is 0 Å². The lowest BCUT2D eigenvalue weighted by Crippen LogP contribution is -2.11. The summed E-state index contributed by atoms with van der Waals surface area (Å²) in [7, 11) is 0. The molecule has 4 N–H and O–H groups in total. The second kappa shape index (κ2) is 11.4. The number of unbranched alkanes of at least 4 members (excludes halogenated alkanes) is 3. The third kappa shape index (κ3) is 6.13. The van der Waals surface area contributed by atoms with Gasteiger partial charge in [0.15, 0.2) is 0 Å². The topological polar surface area (TPSA) is 93.0 Å². The van der Waals surface area contributed by atoms with E-state index in [9.17, 15) is 4.79 Å². The molecule has 1 saturated heterocycles. The van der Waals surface area contributed by atoms with Crippen LogP contribution in [0.1, 0.15) is 56.9 Å². The molecule has 0 saturated carbocycles. The molecule has 146 valence electrons. The summed E-state index contributed by atoms with van der Waals surface area (Å²) >= 11 is 0. The number of hydrogen-bond acceptors (Lipinski definition) is 4. The van der Waals surface area contributed by atoms with Crippen molar-refractivity contribution in [1.82, 2.24) is 9.97 Å². The molecule has 26 heavy (non-hydrogen) atoms. The maximum Gasteiger partial charge on any atom is 0.224 e. The summed E-state index contributed by atoms with van der Waals surface area (Å²) in [6.45, 7) is 1.53. The number of ether oxygens (including phenoxy) is 1. The van der Waals surface area contributed by atoms with E-state index in [4.69, 9.17) is 10.5 Å². The standard InChI is InChI=1S/C18H26N4O2.2ClH/c19-10-4-2-1-3-7-17(23)20-13-8-9-14-15(12-13)22-18(21-14)16-6-5-11-24-16;;/h8-9,12,16H,1-7,10-11,19H2,(H,20,23)(H,21,22);2*1H. The van der Waals surface area contributed by atoms with Crippen LogP contribution in [0.4, 0.5) is 5.69 Å². The van der Waals surface area contributed by atoms with Gasteiger partial charge < -0.3 is 20.8 Å². The molecule has 1 fully saturated rings. The highest BCUT2D eigenvalue weighted by Gasteiger charge is 2.21. The normalized spacial score (nSPS) is 16.1. The molecule has 1 atom stereocenters. The molecular formula is C18H28Cl2N4O2. The van der Waals surface area contributed by atoms with Gasteiger partial charge in [-0.15, -0.1) is 24.8 Å². The first kappa shape index (κ1) is 22.7. The predicted molar refractivity (Wildman–Crippen MR) is 109 cm³/mol. The molecule has 1 amide bonds. The highest BCUT2D eigenvalue weighted by Crippen LogP contribution is 2.28. The average molecular weight is 403 g/mol. The Morgan fingerprint density at radius 2 is 2.08 bits per heavy atom. The molecule has 1 aromatic heterocycles. The first-order valence-corrected chi connectivity index (χ1v) is 8.87. The monoisotopic (exact) mass is 402 g/mol. The van der Waals surface area contributed by atoms with E-state index in [-0.39, 0.29) is 36.8 Å². The van der Waals surface area contributed by atoms with Crippen LogP contribution in [-0.2, 0) is 9.53 Å². The maximum atomic E-state index is 12.0. The second-order valence-corrected chi connectivity index (χ2v) is 6.36. The van der Waals surface area contributed by atoms with E-state index in [2.05, 4.69) is 15.3 Å². The highest BCUT2D eigenvalue weighted by molar-refractivity contribution is 5.93. The fourth-order valence-corrected chi connectivity index (χ4v) is 3.06. The number of amides is 1. The van der Waals surface area contributed by atoms with Crippen LogP contribution in [0.2, 0.25) is 0 Å². The molecule has 2 heterocycles. The molecule has 1 aliphatic rings. The van der Waals surface area contributed by atoms with E-state index in [1.54, 1.807) is 0 Å². The number of hydrogen-bond donors (Lipinski definition) is 3. The van der Waals surface area contributed by atoms with Gasteiger partial charge in [0.2, 0.25) is 5.91 Å². The molecule has 0 bridgehead atoms. The van der Waals surface area contributed by atoms with Gasteiger partial charge in [0.05, 0.1) is 11.0 Å². The zero-order chi connectivity index (χ0) is 16.8. The number of carbonyl (C=O) groups excluding carboxylic acids is 1. The quantitative estimate of drug-likeness (QED) is 0.579. The minimum absolute atomic E-state index is 0. The number of anilines is 1. The Morgan fingerprint density at radius 3 is 2.81 bits per heavy atom. The van der Waals surface area contributed by atoms with Crippen molar-refractivity contribution >= 4 is 47.4 Å². The molecule has 1 aliphatic heterocycles. The van der Waals surface area contributed by atoms with Gasteiger partial charge >= 0.3 is 0 Å². The fraction of sp³-hybridized carbons (Fsp3) is 0.556. The van der Waals surface area contributed by atoms with E-state index in [1.807, 2.05) is 18.2 Å². The summed E-state index contributed by atoms with van der Waals surface area (Å²) < 4.78 is 5.66. The van der Waals surface area contributed by atoms with Gasteiger partial charge in [0, 0.05) is 18.7 Å². The summed E-state index contributed by atoms with van der Waals surface area (Å²) in [4.78, 5) is 19.9. The summed E-state index contributed by atoms with van der Waals surface area (Å²) in [5, 5.41) is 2.96. The lowest BCUT2D eigenvalue weighted by atomic mass is 10.1. The summed E-state index contributed by atoms with van der Waals surface area (Å²) in [5.41, 5.74) is 8.10. The van der Waals surface area contributed by atoms with Gasteiger partial charge in [-0.3, -0.25) is 4.79 Å². The Morgan fingerprint density at radius 1 is 1.27 bits per heavy atom. The number of benzene rings is 1. The second-order valence-electron chi connectivity index (χ2n) is 6.36. The third-order valence-corrected chi connectivity index (χ3v) is 4.38. The van der Waals surface area contributed by atoms with Crippen molar-refractivity contribution < 1.29 is 9.53 Å². The minimum Gasteiger partial charge on any atom is -0.370 e. The number of halogens is 2. The SMILES string of the molecule is Cl.Cl.NCCCCCCC(=O)Nc1ccc2nc(C3CCCO3)[nH]c2c1. The number of rotatable bonds is 8. The smallest absolute Gasteiger partial charge is 0.224 e. The number of aromatic nitrogens is 2. The highest BCUT2D eigenvalue weighted by atomic mass is 35.5. The fourth-order valence-electron chi connectivity index (χ4n) is 3.06. The number of H-pyrrole nitrogens is 1. The number of fused-ring (bicyclic) bond motifs is 1. The molecule has 6 nitrogen and oxygen atoms in total. The van der Waals surface area contributed by atoms with Crippen LogP contribution in [0.3, 0.4) is 0 Å². The molecule has 1 aromatic carbocycles. The van der Waals surface area contributed by atoms with Gasteiger partial charge in [-0.25, -0.2) is 4.98 Å². The Labute approximate surface area is 166 Å². The van der Waals surface area contributed by atoms with E-state index in [0.717, 1.165) is 74.2 Å². The molecule has 0 aliphatic carbocycles. The number of nitrogens with two attached hydrogens (primary N) is 1. The Kier molecular flexibility index (Phi) is 9.94. The molecule has 0 spiro atoms. The largest absolute Gasteiger partial charge is 0.370 e. The van der Waals surface area contributed by atoms with Crippen LogP contribution < -0.4 is 11.1 Å². The summed E-state index contributed by atoms with van der Waals surface area (Å²) in [6.07, 6.45) is 6.79. The van der Waals surface area contributed by atoms with E-state index in [0.29, 0.717) is 6.42 Å². The lowest BCUT2D eigenvalue weighted by Gasteiger charge is -2.05. The van der Waals surface area contributed by atoms with Crippen molar-refractivity contribution in [2.75, 3.05) is 18.5 Å².